The Morgan fingerprint density at radius 2 is 1.40 bits per heavy atom. The molecular weight excluding hydrogens is 574 g/mol. The highest BCUT2D eigenvalue weighted by atomic mass is 16.8. The Balaban J connectivity index is 1.85. The zero-order valence-electron chi connectivity index (χ0n) is 23.0. The third kappa shape index (κ3) is 6.17. The second-order valence-corrected chi connectivity index (χ2v) is 10.6. The summed E-state index contributed by atoms with van der Waals surface area (Å²) >= 11 is 0. The van der Waals surface area contributed by atoms with Crippen LogP contribution in [0.25, 0.3) is 0 Å². The minimum atomic E-state index is -3.05. The Morgan fingerprint density at radius 1 is 0.881 bits per heavy atom. The average Bonchev–Trinajstić information content (AvgIpc) is 2.96. The van der Waals surface area contributed by atoms with Crippen LogP contribution in [0.15, 0.2) is 0 Å². The lowest BCUT2D eigenvalue weighted by molar-refractivity contribution is -0.430. The van der Waals surface area contributed by atoms with Crippen LogP contribution in [0.4, 0.5) is 0 Å². The first-order chi connectivity index (χ1) is 19.6. The van der Waals surface area contributed by atoms with E-state index in [1.54, 1.807) is 0 Å². The Hall–Kier alpha value is -1.21. The molecule has 246 valence electrons. The van der Waals surface area contributed by atoms with Crippen LogP contribution in [0.1, 0.15) is 20.3 Å². The fourth-order valence-electron chi connectivity index (χ4n) is 5.38. The highest BCUT2D eigenvalue weighted by molar-refractivity contribution is 5.66. The van der Waals surface area contributed by atoms with Crippen molar-refractivity contribution < 1.29 is 79.2 Å². The molecule has 0 spiro atoms. The van der Waals surface area contributed by atoms with Gasteiger partial charge in [-0.05, 0) is 6.42 Å². The first-order valence-electron chi connectivity index (χ1n) is 13.3. The number of rotatable bonds is 10. The average molecular weight is 618 g/mol. The molecule has 15 N–H and O–H groups in total. The van der Waals surface area contributed by atoms with Gasteiger partial charge < -0.3 is 91.6 Å². The van der Waals surface area contributed by atoms with Crippen molar-refractivity contribution in [1.82, 2.24) is 0 Å². The lowest BCUT2D eigenvalue weighted by Gasteiger charge is -2.56. The van der Waals surface area contributed by atoms with E-state index in [0.29, 0.717) is 0 Å². The molecule has 0 radical (unpaired) electrons. The molecule has 19 heteroatoms. The topological polar surface area (TPSA) is 333 Å². The largest absolute Gasteiger partial charge is 0.427 e. The first-order valence-corrected chi connectivity index (χ1v) is 13.3. The van der Waals surface area contributed by atoms with E-state index in [1.165, 1.54) is 6.92 Å². The lowest BCUT2D eigenvalue weighted by Crippen LogP contribution is -2.80. The number of carbonyl (C=O) groups excluding carboxylic acids is 1. The van der Waals surface area contributed by atoms with E-state index in [-0.39, 0.29) is 6.42 Å². The van der Waals surface area contributed by atoms with Crippen LogP contribution in [-0.2, 0) is 33.2 Å². The summed E-state index contributed by atoms with van der Waals surface area (Å²) in [4.78, 5) is 11.8. The predicted molar refractivity (Wildman–Crippen MR) is 133 cm³/mol. The highest BCUT2D eigenvalue weighted by Crippen LogP contribution is 2.43. The molecule has 0 amide bonds. The molecule has 0 bridgehead atoms. The van der Waals surface area contributed by atoms with Gasteiger partial charge >= 0.3 is 5.97 Å². The molecular formula is C23H43N3O16. The molecule has 3 fully saturated rings. The maximum absolute atomic E-state index is 11.8. The summed E-state index contributed by atoms with van der Waals surface area (Å²) in [5.74, 6) is -4.15. The van der Waals surface area contributed by atoms with E-state index in [1.807, 2.05) is 0 Å². The molecule has 0 aromatic carbocycles. The van der Waals surface area contributed by atoms with Gasteiger partial charge in [0.05, 0.1) is 44.1 Å². The van der Waals surface area contributed by atoms with Gasteiger partial charge in [0.2, 0.25) is 0 Å². The van der Waals surface area contributed by atoms with Crippen LogP contribution in [0.3, 0.4) is 0 Å². The number of aliphatic hydroxyl groups excluding tert-OH is 8. The monoisotopic (exact) mass is 617 g/mol. The van der Waals surface area contributed by atoms with E-state index in [9.17, 15) is 50.8 Å². The minimum Gasteiger partial charge on any atom is -0.427 e. The molecule has 19 nitrogen and oxygen atoms in total. The summed E-state index contributed by atoms with van der Waals surface area (Å²) in [5, 5.41) is 94.1. The molecule has 3 rings (SSSR count). The Kier molecular flexibility index (Phi) is 11.6. The van der Waals surface area contributed by atoms with E-state index >= 15 is 0 Å². The number of hydrogen-bond acceptors (Lipinski definition) is 19. The fourth-order valence-corrected chi connectivity index (χ4v) is 5.38. The van der Waals surface area contributed by atoms with Gasteiger partial charge in [-0.2, -0.15) is 0 Å². The number of aliphatic hydroxyl groups is 9. The molecule has 3 aliphatic heterocycles. The summed E-state index contributed by atoms with van der Waals surface area (Å²) in [6.45, 7) is -0.395. The van der Waals surface area contributed by atoms with Crippen molar-refractivity contribution >= 4 is 5.97 Å². The second kappa shape index (κ2) is 13.8. The lowest BCUT2D eigenvalue weighted by atomic mass is 9.77. The SMILES string of the molecule is CCC(O)[C@@]1(CO)O[C@H](OC2[C@@H](CO)O[C@@H](OC3[C@@H](CO)O[C@@H](O)[C@H](N)[C@H]3O)[C@H](N)[C@H]2O)[C@H](N)[C@@H](O)[C@]1(O)OC(C)=O. The van der Waals surface area contributed by atoms with Gasteiger partial charge in [0.15, 0.2) is 24.5 Å². The van der Waals surface area contributed by atoms with Crippen LogP contribution in [-0.4, -0.2) is 169 Å². The molecule has 0 aliphatic carbocycles. The number of carbonyl (C=O) groups is 1. The predicted octanol–water partition coefficient (Wildman–Crippen LogP) is -7.64. The fraction of sp³-hybridized carbons (Fsp3) is 0.957. The highest BCUT2D eigenvalue weighted by Gasteiger charge is 2.69. The van der Waals surface area contributed by atoms with Crippen molar-refractivity contribution in [2.45, 2.75) is 117 Å². The summed E-state index contributed by atoms with van der Waals surface area (Å²) in [5.41, 5.74) is 15.3. The van der Waals surface area contributed by atoms with E-state index in [0.717, 1.165) is 6.92 Å². The van der Waals surface area contributed by atoms with E-state index in [2.05, 4.69) is 0 Å². The maximum atomic E-state index is 11.8. The van der Waals surface area contributed by atoms with Crippen LogP contribution < -0.4 is 17.2 Å². The molecule has 3 heterocycles. The van der Waals surface area contributed by atoms with Gasteiger partial charge in [0.1, 0.15) is 42.7 Å². The van der Waals surface area contributed by atoms with Crippen molar-refractivity contribution in [3.8, 4) is 0 Å². The van der Waals surface area contributed by atoms with Crippen molar-refractivity contribution in [3.63, 3.8) is 0 Å². The second-order valence-electron chi connectivity index (χ2n) is 10.6. The number of ether oxygens (including phenoxy) is 6. The molecule has 0 aromatic heterocycles. The summed E-state index contributed by atoms with van der Waals surface area (Å²) in [7, 11) is 0. The zero-order valence-corrected chi connectivity index (χ0v) is 23.0. The van der Waals surface area contributed by atoms with Gasteiger partial charge in [0, 0.05) is 6.92 Å². The van der Waals surface area contributed by atoms with Crippen molar-refractivity contribution in [1.29, 1.82) is 0 Å². The van der Waals surface area contributed by atoms with E-state index < -0.39 is 123 Å². The Labute approximate surface area is 240 Å². The maximum Gasteiger partial charge on any atom is 0.305 e. The van der Waals surface area contributed by atoms with Gasteiger partial charge in [-0.1, -0.05) is 6.92 Å². The third-order valence-corrected chi connectivity index (χ3v) is 7.88. The molecule has 0 aromatic rings. The third-order valence-electron chi connectivity index (χ3n) is 7.88. The van der Waals surface area contributed by atoms with Crippen molar-refractivity contribution in [2.75, 3.05) is 19.8 Å². The minimum absolute atomic E-state index is 0.177. The summed E-state index contributed by atoms with van der Waals surface area (Å²) in [6.07, 6.45) is -18.1. The van der Waals surface area contributed by atoms with E-state index in [4.69, 9.17) is 45.6 Å². The van der Waals surface area contributed by atoms with Crippen LogP contribution in [0.5, 0.6) is 0 Å². The Morgan fingerprint density at radius 3 is 1.90 bits per heavy atom. The Bertz CT molecular complexity index is 904. The molecule has 0 saturated carbocycles. The summed E-state index contributed by atoms with van der Waals surface area (Å²) in [6, 6.07) is -4.54. The molecule has 3 unspecified atom stereocenters. The van der Waals surface area contributed by atoms with Gasteiger partial charge in [-0.15, -0.1) is 0 Å². The molecule has 16 atom stereocenters. The first kappa shape index (κ1) is 35.3. The molecule has 3 aliphatic rings. The number of hydrogen-bond donors (Lipinski definition) is 12. The zero-order chi connectivity index (χ0) is 31.7. The smallest absolute Gasteiger partial charge is 0.305 e. The molecule has 42 heavy (non-hydrogen) atoms. The number of nitrogens with two attached hydrogens (primary N) is 3. The van der Waals surface area contributed by atoms with Gasteiger partial charge in [0.25, 0.3) is 5.79 Å². The standard InChI is InChI=1S/C23H43N3O16/c1-3-10(31)22(6-29)23(36,41-7(2)30)18(34)13(26)21(42-22)40-17-9(5-28)38-20(12(25)15(17)33)39-16-8(4-27)37-19(35)11(24)14(16)32/h8-21,27-29,31-36H,3-6,24-26H2,1-2H3/t8-,9-,10?,11-,12-,13-,14-,15-,16?,17?,18-,19-,20+,21+,22-,23+/m1/s1. The van der Waals surface area contributed by atoms with Crippen molar-refractivity contribution in [3.05, 3.63) is 0 Å². The quantitative estimate of drug-likeness (QED) is 0.0799. The van der Waals surface area contributed by atoms with Gasteiger partial charge in [-0.3, -0.25) is 4.79 Å². The van der Waals surface area contributed by atoms with Gasteiger partial charge in [-0.25, -0.2) is 0 Å². The van der Waals surface area contributed by atoms with Crippen LogP contribution >= 0.6 is 0 Å². The van der Waals surface area contributed by atoms with Crippen LogP contribution in [0, 0.1) is 0 Å². The summed E-state index contributed by atoms with van der Waals surface area (Å²) < 4.78 is 32.9. The van der Waals surface area contributed by atoms with Crippen LogP contribution in [0.2, 0.25) is 0 Å². The molecule has 3 saturated heterocycles. The normalized spacial score (nSPS) is 49.0. The van der Waals surface area contributed by atoms with Crippen molar-refractivity contribution in [2.24, 2.45) is 17.2 Å². The number of esters is 1.